The summed E-state index contributed by atoms with van der Waals surface area (Å²) in [6.45, 7) is 1.94. The highest BCUT2D eigenvalue weighted by atomic mass is 32.1. The summed E-state index contributed by atoms with van der Waals surface area (Å²) in [6.07, 6.45) is 2.55. The van der Waals surface area contributed by atoms with Gasteiger partial charge in [-0.25, -0.2) is 4.98 Å². The molecule has 0 atom stereocenters. The number of aromatic nitrogens is 1. The highest BCUT2D eigenvalue weighted by molar-refractivity contribution is 7.14. The molecule has 1 N–H and O–H groups in total. The van der Waals surface area contributed by atoms with E-state index in [2.05, 4.69) is 10.3 Å². The molecule has 2 aromatic heterocycles. The van der Waals surface area contributed by atoms with Crippen LogP contribution in [-0.2, 0) is 0 Å². The Labute approximate surface area is 92.1 Å². The third-order valence-electron chi connectivity index (χ3n) is 2.40. The van der Waals surface area contributed by atoms with Gasteiger partial charge in [0.2, 0.25) is 0 Å². The summed E-state index contributed by atoms with van der Waals surface area (Å²) < 4.78 is 5.52. The molecule has 1 aliphatic carbocycles. The molecule has 15 heavy (non-hydrogen) atoms. The van der Waals surface area contributed by atoms with Gasteiger partial charge in [-0.1, -0.05) is 0 Å². The van der Waals surface area contributed by atoms with E-state index >= 15 is 0 Å². The summed E-state index contributed by atoms with van der Waals surface area (Å²) in [4.78, 5) is 4.49. The van der Waals surface area contributed by atoms with Crippen molar-refractivity contribution in [3.8, 4) is 11.5 Å². The Balaban J connectivity index is 1.82. The second kappa shape index (κ2) is 3.38. The van der Waals surface area contributed by atoms with Gasteiger partial charge in [0.15, 0.2) is 10.9 Å². The van der Waals surface area contributed by atoms with Gasteiger partial charge in [-0.15, -0.1) is 11.3 Å². The Morgan fingerprint density at radius 2 is 2.33 bits per heavy atom. The van der Waals surface area contributed by atoms with Crippen molar-refractivity contribution in [3.05, 3.63) is 23.3 Å². The zero-order valence-electron chi connectivity index (χ0n) is 8.49. The number of rotatable bonds is 3. The normalized spacial score (nSPS) is 15.5. The zero-order valence-corrected chi connectivity index (χ0v) is 9.30. The van der Waals surface area contributed by atoms with Crippen molar-refractivity contribution < 1.29 is 4.42 Å². The Hall–Kier alpha value is -1.29. The first-order valence-corrected chi connectivity index (χ1v) is 5.98. The van der Waals surface area contributed by atoms with Gasteiger partial charge in [0, 0.05) is 11.4 Å². The second-order valence-corrected chi connectivity index (χ2v) is 4.72. The molecule has 2 heterocycles. The lowest BCUT2D eigenvalue weighted by molar-refractivity contribution is 0.547. The second-order valence-electron chi connectivity index (χ2n) is 3.87. The van der Waals surface area contributed by atoms with Crippen LogP contribution in [0, 0.1) is 6.92 Å². The molecule has 0 saturated heterocycles. The number of aryl methyl sites for hydroxylation is 1. The quantitative estimate of drug-likeness (QED) is 0.862. The predicted molar refractivity (Wildman–Crippen MR) is 61.2 cm³/mol. The van der Waals surface area contributed by atoms with E-state index in [1.165, 1.54) is 12.8 Å². The molecule has 0 radical (unpaired) electrons. The van der Waals surface area contributed by atoms with Gasteiger partial charge in [-0.05, 0) is 31.9 Å². The topological polar surface area (TPSA) is 38.1 Å². The highest BCUT2D eigenvalue weighted by Gasteiger charge is 2.22. The van der Waals surface area contributed by atoms with Crippen LogP contribution in [0.2, 0.25) is 0 Å². The van der Waals surface area contributed by atoms with Crippen LogP contribution in [-0.4, -0.2) is 11.0 Å². The van der Waals surface area contributed by atoms with Gasteiger partial charge in [-0.3, -0.25) is 0 Å². The zero-order chi connectivity index (χ0) is 10.3. The number of anilines is 1. The van der Waals surface area contributed by atoms with E-state index in [0.717, 1.165) is 22.3 Å². The molecule has 0 bridgehead atoms. The molecule has 4 heteroatoms. The third-order valence-corrected chi connectivity index (χ3v) is 3.18. The lowest BCUT2D eigenvalue weighted by Gasteiger charge is -1.95. The molecular weight excluding hydrogens is 208 g/mol. The molecule has 0 amide bonds. The van der Waals surface area contributed by atoms with Crippen molar-refractivity contribution >= 4 is 16.5 Å². The Morgan fingerprint density at radius 3 is 3.00 bits per heavy atom. The fraction of sp³-hybridized carbons (Fsp3) is 0.364. The number of nitrogens with zero attached hydrogens (tertiary/aromatic N) is 1. The molecule has 0 aromatic carbocycles. The third kappa shape index (κ3) is 1.90. The molecule has 78 valence electrons. The number of nitrogens with one attached hydrogen (secondary N) is 1. The van der Waals surface area contributed by atoms with Crippen LogP contribution in [0.5, 0.6) is 0 Å². The molecule has 0 aliphatic heterocycles. The molecule has 3 rings (SSSR count). The largest absolute Gasteiger partial charge is 0.460 e. The van der Waals surface area contributed by atoms with Crippen molar-refractivity contribution in [1.82, 2.24) is 4.98 Å². The number of hydrogen-bond donors (Lipinski definition) is 1. The minimum atomic E-state index is 0.655. The summed E-state index contributed by atoms with van der Waals surface area (Å²) in [5.41, 5.74) is 0.927. The van der Waals surface area contributed by atoms with Crippen molar-refractivity contribution in [2.24, 2.45) is 0 Å². The molecular formula is C11H12N2OS. The first kappa shape index (κ1) is 8.97. The number of furan rings is 1. The van der Waals surface area contributed by atoms with Gasteiger partial charge in [0.1, 0.15) is 11.5 Å². The molecule has 1 aliphatic rings. The van der Waals surface area contributed by atoms with Crippen molar-refractivity contribution in [3.63, 3.8) is 0 Å². The maximum Gasteiger partial charge on any atom is 0.183 e. The fourth-order valence-corrected chi connectivity index (χ4v) is 2.21. The summed E-state index contributed by atoms with van der Waals surface area (Å²) in [7, 11) is 0. The molecule has 3 nitrogen and oxygen atoms in total. The van der Waals surface area contributed by atoms with Crippen LogP contribution in [0.1, 0.15) is 18.6 Å². The molecule has 0 spiro atoms. The SMILES string of the molecule is Cc1ccc(-c2csc(NC3CC3)n2)o1. The standard InChI is InChI=1S/C11H12N2OS/c1-7-2-5-10(14-7)9-6-15-11(13-9)12-8-3-4-8/h2,5-6,8H,3-4H2,1H3,(H,12,13). The highest BCUT2D eigenvalue weighted by Crippen LogP contribution is 2.30. The summed E-state index contributed by atoms with van der Waals surface area (Å²) in [6, 6.07) is 4.58. The average molecular weight is 220 g/mol. The Bertz CT molecular complexity index is 470. The molecule has 1 fully saturated rings. The van der Waals surface area contributed by atoms with E-state index in [1.807, 2.05) is 24.4 Å². The van der Waals surface area contributed by atoms with Crippen molar-refractivity contribution in [1.29, 1.82) is 0 Å². The van der Waals surface area contributed by atoms with E-state index in [-0.39, 0.29) is 0 Å². The minimum Gasteiger partial charge on any atom is -0.460 e. The Morgan fingerprint density at radius 1 is 1.47 bits per heavy atom. The Kier molecular flexibility index (Phi) is 2.02. The van der Waals surface area contributed by atoms with Crippen LogP contribution in [0.15, 0.2) is 21.9 Å². The van der Waals surface area contributed by atoms with E-state index in [1.54, 1.807) is 11.3 Å². The molecule has 1 saturated carbocycles. The van der Waals surface area contributed by atoms with E-state index in [9.17, 15) is 0 Å². The van der Waals surface area contributed by atoms with Gasteiger partial charge >= 0.3 is 0 Å². The molecule has 2 aromatic rings. The summed E-state index contributed by atoms with van der Waals surface area (Å²) in [5, 5.41) is 6.41. The van der Waals surface area contributed by atoms with Gasteiger partial charge < -0.3 is 9.73 Å². The first-order valence-electron chi connectivity index (χ1n) is 5.10. The van der Waals surface area contributed by atoms with Gasteiger partial charge in [-0.2, -0.15) is 0 Å². The van der Waals surface area contributed by atoms with Crippen LogP contribution >= 0.6 is 11.3 Å². The first-order chi connectivity index (χ1) is 7.31. The fourth-order valence-electron chi connectivity index (χ4n) is 1.43. The van der Waals surface area contributed by atoms with Crippen LogP contribution in [0.4, 0.5) is 5.13 Å². The lowest BCUT2D eigenvalue weighted by Crippen LogP contribution is -1.99. The van der Waals surface area contributed by atoms with Crippen molar-refractivity contribution in [2.45, 2.75) is 25.8 Å². The van der Waals surface area contributed by atoms with Crippen LogP contribution < -0.4 is 5.32 Å². The van der Waals surface area contributed by atoms with Crippen LogP contribution in [0.25, 0.3) is 11.5 Å². The van der Waals surface area contributed by atoms with E-state index in [0.29, 0.717) is 6.04 Å². The summed E-state index contributed by atoms with van der Waals surface area (Å²) in [5.74, 6) is 1.78. The number of hydrogen-bond acceptors (Lipinski definition) is 4. The predicted octanol–water partition coefficient (Wildman–Crippen LogP) is 3.29. The van der Waals surface area contributed by atoms with Gasteiger partial charge in [0.25, 0.3) is 0 Å². The molecule has 0 unspecified atom stereocenters. The minimum absolute atomic E-state index is 0.655. The average Bonchev–Trinajstić information content (AvgIpc) is 2.74. The smallest absolute Gasteiger partial charge is 0.183 e. The van der Waals surface area contributed by atoms with E-state index in [4.69, 9.17) is 4.42 Å². The maximum atomic E-state index is 5.52. The van der Waals surface area contributed by atoms with Crippen molar-refractivity contribution in [2.75, 3.05) is 5.32 Å². The van der Waals surface area contributed by atoms with Gasteiger partial charge in [0.05, 0.1) is 0 Å². The monoisotopic (exact) mass is 220 g/mol. The number of thiazole rings is 1. The lowest BCUT2D eigenvalue weighted by atomic mass is 10.4. The van der Waals surface area contributed by atoms with Crippen LogP contribution in [0.3, 0.4) is 0 Å². The maximum absolute atomic E-state index is 5.52. The summed E-state index contributed by atoms with van der Waals surface area (Å²) >= 11 is 1.64. The van der Waals surface area contributed by atoms with E-state index < -0.39 is 0 Å².